The van der Waals surface area contributed by atoms with Crippen LogP contribution in [0.25, 0.3) is 10.4 Å². The summed E-state index contributed by atoms with van der Waals surface area (Å²) in [6.45, 7) is 4.34. The van der Waals surface area contributed by atoms with Crippen molar-refractivity contribution in [2.75, 3.05) is 6.54 Å². The quantitative estimate of drug-likeness (QED) is 0.279. The van der Waals surface area contributed by atoms with Gasteiger partial charge in [0, 0.05) is 10.5 Å². The Morgan fingerprint density at radius 3 is 2.79 bits per heavy atom. The molecule has 3 nitrogen and oxygen atoms in total. The molecule has 0 amide bonds. The van der Waals surface area contributed by atoms with Crippen LogP contribution >= 0.6 is 0 Å². The number of hydrogen-bond acceptors (Lipinski definition) is 1. The highest BCUT2D eigenvalue weighted by molar-refractivity contribution is 5.40. The fourth-order valence-electron chi connectivity index (χ4n) is 1.03. The van der Waals surface area contributed by atoms with Gasteiger partial charge in [-0.15, -0.1) is 0 Å². The van der Waals surface area contributed by atoms with Crippen molar-refractivity contribution in [3.05, 3.63) is 45.3 Å². The average molecular weight is 185 g/mol. The van der Waals surface area contributed by atoms with Crippen LogP contribution in [0.2, 0.25) is 0 Å². The summed E-state index contributed by atoms with van der Waals surface area (Å²) in [6, 6.07) is 6.02. The molecule has 0 N–H and O–H groups in total. The molecule has 0 saturated heterocycles. The summed E-state index contributed by atoms with van der Waals surface area (Å²) >= 11 is 0. The molecule has 0 atom stereocenters. The van der Waals surface area contributed by atoms with E-state index in [1.807, 2.05) is 25.1 Å². The molecule has 70 valence electrons. The van der Waals surface area contributed by atoms with Crippen LogP contribution in [0.4, 0.5) is 0 Å². The van der Waals surface area contributed by atoms with Crippen molar-refractivity contribution in [1.82, 2.24) is 0 Å². The van der Waals surface area contributed by atoms with Gasteiger partial charge in [-0.1, -0.05) is 23.0 Å². The van der Waals surface area contributed by atoms with Crippen molar-refractivity contribution in [2.45, 2.75) is 13.8 Å². The van der Waals surface area contributed by atoms with Crippen LogP contribution < -0.4 is 0 Å². The van der Waals surface area contributed by atoms with E-state index >= 15 is 0 Å². The van der Waals surface area contributed by atoms with Crippen molar-refractivity contribution >= 4 is 0 Å². The third-order valence-corrected chi connectivity index (χ3v) is 1.95. The first-order chi connectivity index (χ1) is 6.74. The zero-order valence-corrected chi connectivity index (χ0v) is 8.28. The Balaban J connectivity index is 2.80. The van der Waals surface area contributed by atoms with Gasteiger partial charge in [0.15, 0.2) is 0 Å². The molecule has 14 heavy (non-hydrogen) atoms. The van der Waals surface area contributed by atoms with Crippen LogP contribution in [0, 0.1) is 25.7 Å². The summed E-state index contributed by atoms with van der Waals surface area (Å²) in [5, 5.41) is 3.33. The molecule has 0 fully saturated rings. The van der Waals surface area contributed by atoms with Gasteiger partial charge in [-0.2, -0.15) is 0 Å². The van der Waals surface area contributed by atoms with Crippen molar-refractivity contribution in [1.29, 1.82) is 0 Å². The second kappa shape index (κ2) is 4.96. The number of hydrogen-bond donors (Lipinski definition) is 0. The molecule has 0 aromatic heterocycles. The minimum Gasteiger partial charge on any atom is -0.0919 e. The van der Waals surface area contributed by atoms with E-state index in [0.29, 0.717) is 0 Å². The van der Waals surface area contributed by atoms with E-state index in [9.17, 15) is 0 Å². The molecule has 0 aliphatic heterocycles. The standard InChI is InChI=1S/C11H11N3/c1-9-5-6-11(8-10(9)2)4-3-7-13-14-12/h5-6,8H,7H2,1-2H3. The van der Waals surface area contributed by atoms with E-state index < -0.39 is 0 Å². The van der Waals surface area contributed by atoms with Gasteiger partial charge in [-0.3, -0.25) is 0 Å². The highest BCUT2D eigenvalue weighted by Gasteiger charge is 1.91. The summed E-state index contributed by atoms with van der Waals surface area (Å²) in [4.78, 5) is 2.62. The molecule has 0 aliphatic carbocycles. The lowest BCUT2D eigenvalue weighted by molar-refractivity contribution is 1.25. The lowest BCUT2D eigenvalue weighted by atomic mass is 10.1. The van der Waals surface area contributed by atoms with E-state index in [-0.39, 0.29) is 6.54 Å². The molecule has 1 aromatic carbocycles. The highest BCUT2D eigenvalue weighted by atomic mass is 15.1. The number of nitrogens with zero attached hydrogens (tertiary/aromatic N) is 3. The maximum atomic E-state index is 8.03. The first-order valence-corrected chi connectivity index (χ1v) is 4.31. The van der Waals surface area contributed by atoms with Crippen LogP contribution in [0.1, 0.15) is 16.7 Å². The van der Waals surface area contributed by atoms with Crippen LogP contribution in [-0.4, -0.2) is 6.54 Å². The second-order valence-corrected chi connectivity index (χ2v) is 2.99. The summed E-state index contributed by atoms with van der Waals surface area (Å²) in [5.74, 6) is 5.71. The molecule has 0 saturated carbocycles. The summed E-state index contributed by atoms with van der Waals surface area (Å²) in [7, 11) is 0. The normalized spacial score (nSPS) is 8.43. The molecule has 0 radical (unpaired) electrons. The molecular formula is C11H11N3. The molecule has 3 heteroatoms. The first-order valence-electron chi connectivity index (χ1n) is 4.31. The van der Waals surface area contributed by atoms with Crippen molar-refractivity contribution in [2.24, 2.45) is 5.11 Å². The van der Waals surface area contributed by atoms with Crippen LogP contribution in [0.3, 0.4) is 0 Å². The summed E-state index contributed by atoms with van der Waals surface area (Å²) < 4.78 is 0. The Labute approximate surface area is 83.4 Å². The van der Waals surface area contributed by atoms with E-state index in [4.69, 9.17) is 5.53 Å². The lowest BCUT2D eigenvalue weighted by Crippen LogP contribution is -1.82. The molecule has 0 heterocycles. The lowest BCUT2D eigenvalue weighted by Gasteiger charge is -1.98. The molecule has 0 spiro atoms. The van der Waals surface area contributed by atoms with Gasteiger partial charge in [-0.25, -0.2) is 0 Å². The van der Waals surface area contributed by atoms with E-state index in [2.05, 4.69) is 28.8 Å². The number of azide groups is 1. The van der Waals surface area contributed by atoms with Gasteiger partial charge in [-0.05, 0) is 42.6 Å². The van der Waals surface area contributed by atoms with Crippen molar-refractivity contribution < 1.29 is 0 Å². The maximum Gasteiger partial charge on any atom is 0.0880 e. The molecular weight excluding hydrogens is 174 g/mol. The Morgan fingerprint density at radius 1 is 1.36 bits per heavy atom. The van der Waals surface area contributed by atoms with Crippen molar-refractivity contribution in [3.8, 4) is 11.8 Å². The Kier molecular flexibility index (Phi) is 3.60. The van der Waals surface area contributed by atoms with E-state index in [1.54, 1.807) is 0 Å². The number of aryl methyl sites for hydroxylation is 2. The Bertz CT molecular complexity index is 432. The zero-order chi connectivity index (χ0) is 10.4. The molecule has 0 aliphatic rings. The number of benzene rings is 1. The van der Waals surface area contributed by atoms with Crippen LogP contribution in [0.5, 0.6) is 0 Å². The third kappa shape index (κ3) is 2.85. The summed E-state index contributed by atoms with van der Waals surface area (Å²) in [5.41, 5.74) is 11.5. The van der Waals surface area contributed by atoms with Gasteiger partial charge in [0.1, 0.15) is 0 Å². The van der Waals surface area contributed by atoms with Gasteiger partial charge in [0.05, 0.1) is 6.54 Å². The minimum atomic E-state index is 0.226. The van der Waals surface area contributed by atoms with E-state index in [0.717, 1.165) is 5.56 Å². The van der Waals surface area contributed by atoms with Crippen LogP contribution in [0.15, 0.2) is 23.3 Å². The second-order valence-electron chi connectivity index (χ2n) is 2.99. The molecule has 1 rings (SSSR count). The highest BCUT2D eigenvalue weighted by Crippen LogP contribution is 2.08. The fraction of sp³-hybridized carbons (Fsp3) is 0.273. The predicted octanol–water partition coefficient (Wildman–Crippen LogP) is 2.97. The van der Waals surface area contributed by atoms with Gasteiger partial charge < -0.3 is 0 Å². The van der Waals surface area contributed by atoms with E-state index in [1.165, 1.54) is 11.1 Å². The zero-order valence-electron chi connectivity index (χ0n) is 8.28. The monoisotopic (exact) mass is 185 g/mol. The third-order valence-electron chi connectivity index (χ3n) is 1.95. The summed E-state index contributed by atoms with van der Waals surface area (Å²) in [6.07, 6.45) is 0. The SMILES string of the molecule is Cc1ccc(C#CCN=[N+]=[N-])cc1C. The molecule has 0 unspecified atom stereocenters. The minimum absolute atomic E-state index is 0.226. The average Bonchev–Trinajstić information content (AvgIpc) is 2.18. The first kappa shape index (κ1) is 10.2. The topological polar surface area (TPSA) is 48.8 Å². The van der Waals surface area contributed by atoms with Gasteiger partial charge >= 0.3 is 0 Å². The number of rotatable bonds is 1. The van der Waals surface area contributed by atoms with Crippen LogP contribution in [-0.2, 0) is 0 Å². The largest absolute Gasteiger partial charge is 0.0919 e. The van der Waals surface area contributed by atoms with Gasteiger partial charge in [0.2, 0.25) is 0 Å². The predicted molar refractivity (Wildman–Crippen MR) is 56.8 cm³/mol. The van der Waals surface area contributed by atoms with Crippen molar-refractivity contribution in [3.63, 3.8) is 0 Å². The molecule has 1 aromatic rings. The maximum absolute atomic E-state index is 8.03. The smallest absolute Gasteiger partial charge is 0.0880 e. The Hall–Kier alpha value is -1.91. The Morgan fingerprint density at radius 2 is 2.14 bits per heavy atom. The fourth-order valence-corrected chi connectivity index (χ4v) is 1.03. The molecule has 0 bridgehead atoms. The van der Waals surface area contributed by atoms with Gasteiger partial charge in [0.25, 0.3) is 0 Å².